The molecule has 1 aliphatic rings. The Balaban J connectivity index is 2.55. The molecule has 0 saturated carbocycles. The summed E-state index contributed by atoms with van der Waals surface area (Å²) in [5.74, 6) is -1.65. The van der Waals surface area contributed by atoms with Crippen LogP contribution >= 0.6 is 0 Å². The number of amides is 1. The van der Waals surface area contributed by atoms with Crippen LogP contribution in [0.15, 0.2) is 12.1 Å². The normalized spacial score (nSPS) is 19.4. The number of benzene rings is 1. The SMILES string of the molecule is CCC1C(=O)Nc2c(F)cc(F)cc2N1C. The molecule has 0 aromatic heterocycles. The fourth-order valence-corrected chi connectivity index (χ4v) is 1.97. The lowest BCUT2D eigenvalue weighted by atomic mass is 10.1. The number of anilines is 2. The fourth-order valence-electron chi connectivity index (χ4n) is 1.97. The molecule has 1 aromatic rings. The zero-order chi connectivity index (χ0) is 11.9. The summed E-state index contributed by atoms with van der Waals surface area (Å²) in [7, 11) is 1.66. The number of halogens is 2. The fraction of sp³-hybridized carbons (Fsp3) is 0.364. The van der Waals surface area contributed by atoms with Crippen molar-refractivity contribution in [1.82, 2.24) is 0 Å². The highest BCUT2D eigenvalue weighted by atomic mass is 19.1. The summed E-state index contributed by atoms with van der Waals surface area (Å²) in [6.45, 7) is 1.85. The van der Waals surface area contributed by atoms with Gasteiger partial charge in [0.15, 0.2) is 5.82 Å². The molecular formula is C11H12F2N2O. The van der Waals surface area contributed by atoms with E-state index in [-0.39, 0.29) is 17.6 Å². The van der Waals surface area contributed by atoms with Gasteiger partial charge in [0.1, 0.15) is 17.5 Å². The molecule has 0 aliphatic carbocycles. The van der Waals surface area contributed by atoms with E-state index in [4.69, 9.17) is 0 Å². The van der Waals surface area contributed by atoms with Gasteiger partial charge < -0.3 is 10.2 Å². The number of carbonyl (C=O) groups excluding carboxylic acids is 1. The summed E-state index contributed by atoms with van der Waals surface area (Å²) in [6, 6.07) is 1.61. The van der Waals surface area contributed by atoms with Gasteiger partial charge in [-0.05, 0) is 12.5 Å². The van der Waals surface area contributed by atoms with Crippen LogP contribution in [0.1, 0.15) is 13.3 Å². The number of carbonyl (C=O) groups is 1. The Bertz CT molecular complexity index is 448. The molecule has 1 amide bonds. The first-order chi connectivity index (χ1) is 7.54. The first kappa shape index (κ1) is 10.9. The summed E-state index contributed by atoms with van der Waals surface area (Å²) < 4.78 is 26.5. The topological polar surface area (TPSA) is 32.3 Å². The molecule has 86 valence electrons. The van der Waals surface area contributed by atoms with E-state index in [1.165, 1.54) is 6.07 Å². The Labute approximate surface area is 92.1 Å². The van der Waals surface area contributed by atoms with Gasteiger partial charge in [-0.1, -0.05) is 6.92 Å². The number of fused-ring (bicyclic) bond motifs is 1. The molecule has 0 fully saturated rings. The monoisotopic (exact) mass is 226 g/mol. The third kappa shape index (κ3) is 1.52. The summed E-state index contributed by atoms with van der Waals surface area (Å²) >= 11 is 0. The van der Waals surface area contributed by atoms with Gasteiger partial charge in [-0.2, -0.15) is 0 Å². The Morgan fingerprint density at radius 3 is 2.75 bits per heavy atom. The zero-order valence-electron chi connectivity index (χ0n) is 9.05. The van der Waals surface area contributed by atoms with E-state index in [2.05, 4.69) is 5.32 Å². The van der Waals surface area contributed by atoms with Crippen molar-refractivity contribution in [2.45, 2.75) is 19.4 Å². The molecule has 5 heteroatoms. The molecule has 0 spiro atoms. The van der Waals surface area contributed by atoms with E-state index in [0.29, 0.717) is 12.1 Å². The third-order valence-electron chi connectivity index (χ3n) is 2.82. The van der Waals surface area contributed by atoms with Crippen molar-refractivity contribution >= 4 is 17.3 Å². The van der Waals surface area contributed by atoms with Gasteiger partial charge in [0, 0.05) is 13.1 Å². The van der Waals surface area contributed by atoms with Crippen molar-refractivity contribution in [3.05, 3.63) is 23.8 Å². The van der Waals surface area contributed by atoms with Crippen LogP contribution in [-0.4, -0.2) is 19.0 Å². The average molecular weight is 226 g/mol. The molecule has 1 aromatic carbocycles. The highest BCUT2D eigenvalue weighted by molar-refractivity contribution is 6.03. The maximum absolute atomic E-state index is 13.4. The van der Waals surface area contributed by atoms with Crippen LogP contribution < -0.4 is 10.2 Å². The molecule has 1 atom stereocenters. The second-order valence-corrected chi connectivity index (χ2v) is 3.81. The highest BCUT2D eigenvalue weighted by Crippen LogP contribution is 2.34. The van der Waals surface area contributed by atoms with Crippen LogP contribution in [0.2, 0.25) is 0 Å². The van der Waals surface area contributed by atoms with E-state index in [1.54, 1.807) is 11.9 Å². The number of nitrogens with one attached hydrogen (secondary N) is 1. The molecule has 0 radical (unpaired) electrons. The van der Waals surface area contributed by atoms with Crippen LogP contribution in [0.4, 0.5) is 20.2 Å². The van der Waals surface area contributed by atoms with Gasteiger partial charge in [0.25, 0.3) is 0 Å². The lowest BCUT2D eigenvalue weighted by Gasteiger charge is -2.34. The number of likely N-dealkylation sites (N-methyl/N-ethyl adjacent to an activating group) is 1. The molecule has 1 heterocycles. The molecule has 0 bridgehead atoms. The third-order valence-corrected chi connectivity index (χ3v) is 2.82. The molecule has 0 saturated heterocycles. The lowest BCUT2D eigenvalue weighted by molar-refractivity contribution is -0.117. The average Bonchev–Trinajstić information content (AvgIpc) is 2.21. The number of hydrogen-bond donors (Lipinski definition) is 1. The minimum absolute atomic E-state index is 0.0543. The van der Waals surface area contributed by atoms with Gasteiger partial charge in [-0.15, -0.1) is 0 Å². The Hall–Kier alpha value is -1.65. The smallest absolute Gasteiger partial charge is 0.247 e. The van der Waals surface area contributed by atoms with Crippen molar-refractivity contribution in [2.24, 2.45) is 0 Å². The zero-order valence-corrected chi connectivity index (χ0v) is 9.05. The number of nitrogens with zero attached hydrogens (tertiary/aromatic N) is 1. The molecular weight excluding hydrogens is 214 g/mol. The molecule has 16 heavy (non-hydrogen) atoms. The van der Waals surface area contributed by atoms with Crippen molar-refractivity contribution < 1.29 is 13.6 Å². The Morgan fingerprint density at radius 2 is 2.12 bits per heavy atom. The maximum atomic E-state index is 13.4. The quantitative estimate of drug-likeness (QED) is 0.795. The van der Waals surface area contributed by atoms with Gasteiger partial charge in [-0.3, -0.25) is 4.79 Å². The van der Waals surface area contributed by atoms with Gasteiger partial charge in [-0.25, -0.2) is 8.78 Å². The molecule has 2 rings (SSSR count). The van der Waals surface area contributed by atoms with Crippen LogP contribution in [0.25, 0.3) is 0 Å². The molecule has 1 N–H and O–H groups in total. The minimum atomic E-state index is -0.746. The summed E-state index contributed by atoms with van der Waals surface area (Å²) in [6.07, 6.45) is 0.583. The summed E-state index contributed by atoms with van der Waals surface area (Å²) in [5.41, 5.74) is 0.433. The standard InChI is InChI=1S/C11H12F2N2O/c1-3-8-11(16)14-10-7(13)4-6(12)5-9(10)15(8)2/h4-5,8H,3H2,1-2H3,(H,14,16). The number of rotatable bonds is 1. The molecule has 1 unspecified atom stereocenters. The molecule has 3 nitrogen and oxygen atoms in total. The summed E-state index contributed by atoms with van der Waals surface area (Å²) in [4.78, 5) is 13.2. The second kappa shape index (κ2) is 3.73. The first-order valence-electron chi connectivity index (χ1n) is 5.07. The van der Waals surface area contributed by atoms with Crippen molar-refractivity contribution in [1.29, 1.82) is 0 Å². The lowest BCUT2D eigenvalue weighted by Crippen LogP contribution is -2.45. The molecule has 1 aliphatic heterocycles. The largest absolute Gasteiger partial charge is 0.361 e. The van der Waals surface area contributed by atoms with Crippen LogP contribution in [0.3, 0.4) is 0 Å². The van der Waals surface area contributed by atoms with Crippen molar-refractivity contribution in [3.63, 3.8) is 0 Å². The second-order valence-electron chi connectivity index (χ2n) is 3.81. The Kier molecular flexibility index (Phi) is 2.53. The summed E-state index contributed by atoms with van der Waals surface area (Å²) in [5, 5.41) is 2.46. The van der Waals surface area contributed by atoms with E-state index in [1.807, 2.05) is 6.92 Å². The van der Waals surface area contributed by atoms with E-state index < -0.39 is 11.6 Å². The van der Waals surface area contributed by atoms with Crippen LogP contribution in [-0.2, 0) is 4.79 Å². The predicted molar refractivity (Wildman–Crippen MR) is 57.5 cm³/mol. The van der Waals surface area contributed by atoms with E-state index in [0.717, 1.165) is 6.07 Å². The highest BCUT2D eigenvalue weighted by Gasteiger charge is 2.31. The van der Waals surface area contributed by atoms with Crippen LogP contribution in [0, 0.1) is 11.6 Å². The Morgan fingerprint density at radius 1 is 1.44 bits per heavy atom. The van der Waals surface area contributed by atoms with Gasteiger partial charge in [0.2, 0.25) is 5.91 Å². The van der Waals surface area contributed by atoms with Crippen molar-refractivity contribution in [2.75, 3.05) is 17.3 Å². The van der Waals surface area contributed by atoms with Gasteiger partial charge in [0.05, 0.1) is 5.69 Å². The number of hydrogen-bond acceptors (Lipinski definition) is 2. The maximum Gasteiger partial charge on any atom is 0.247 e. The predicted octanol–water partition coefficient (Wildman–Crippen LogP) is 2.13. The van der Waals surface area contributed by atoms with Crippen LogP contribution in [0.5, 0.6) is 0 Å². The van der Waals surface area contributed by atoms with Crippen molar-refractivity contribution in [3.8, 4) is 0 Å². The minimum Gasteiger partial charge on any atom is -0.361 e. The van der Waals surface area contributed by atoms with Gasteiger partial charge >= 0.3 is 0 Å². The van der Waals surface area contributed by atoms with E-state index in [9.17, 15) is 13.6 Å². The first-order valence-corrected chi connectivity index (χ1v) is 5.07. The van der Waals surface area contributed by atoms with E-state index >= 15 is 0 Å².